The lowest BCUT2D eigenvalue weighted by Crippen LogP contribution is -2.58. The van der Waals surface area contributed by atoms with Gasteiger partial charge in [-0.2, -0.15) is 0 Å². The summed E-state index contributed by atoms with van der Waals surface area (Å²) >= 11 is 1.62. The van der Waals surface area contributed by atoms with Gasteiger partial charge >= 0.3 is 5.97 Å². The van der Waals surface area contributed by atoms with Gasteiger partial charge in [0.25, 0.3) is 0 Å². The fraction of sp³-hybridized carbons (Fsp3) is 0.667. The van der Waals surface area contributed by atoms with E-state index in [4.69, 9.17) is 4.74 Å². The van der Waals surface area contributed by atoms with E-state index in [9.17, 15) is 19.5 Å². The van der Waals surface area contributed by atoms with Crippen molar-refractivity contribution in [1.82, 2.24) is 4.90 Å². The van der Waals surface area contributed by atoms with Crippen LogP contribution in [0.2, 0.25) is 0 Å². The predicted octanol–water partition coefficient (Wildman–Crippen LogP) is 3.55. The van der Waals surface area contributed by atoms with Crippen LogP contribution >= 0.6 is 11.8 Å². The SMILES string of the molecule is CCOC(=O)[C@@H]1[C@@H]2CC(C)C3(S2)C(C(=O)Nc2cc(C)ccc2C)N([C@@H](CO)[C@@H](C)CC)C(=O)[C@H]13. The van der Waals surface area contributed by atoms with Crippen LogP contribution in [0.3, 0.4) is 0 Å². The molecule has 2 bridgehead atoms. The number of anilines is 1. The van der Waals surface area contributed by atoms with Crippen LogP contribution in [0.5, 0.6) is 0 Å². The molecule has 1 spiro atoms. The molecule has 3 unspecified atom stereocenters. The van der Waals surface area contributed by atoms with Crippen molar-refractivity contribution < 1.29 is 24.2 Å². The summed E-state index contributed by atoms with van der Waals surface area (Å²) < 4.78 is 4.67. The molecule has 3 aliphatic rings. The van der Waals surface area contributed by atoms with E-state index in [1.807, 2.05) is 45.9 Å². The van der Waals surface area contributed by atoms with Crippen LogP contribution in [-0.4, -0.2) is 63.1 Å². The summed E-state index contributed by atoms with van der Waals surface area (Å²) in [6.07, 6.45) is 1.51. The number of carbonyl (C=O) groups is 3. The number of hydrogen-bond acceptors (Lipinski definition) is 6. The van der Waals surface area contributed by atoms with Gasteiger partial charge in [0.2, 0.25) is 11.8 Å². The number of nitrogens with one attached hydrogen (secondary N) is 1. The van der Waals surface area contributed by atoms with Crippen molar-refractivity contribution in [2.24, 2.45) is 23.7 Å². The lowest BCUT2D eigenvalue weighted by Gasteiger charge is -2.41. The van der Waals surface area contributed by atoms with Gasteiger partial charge in [-0.25, -0.2) is 0 Å². The average Bonchev–Trinajstić information content (AvgIpc) is 3.41. The largest absolute Gasteiger partial charge is 0.466 e. The Morgan fingerprint density at radius 3 is 2.66 bits per heavy atom. The lowest BCUT2D eigenvalue weighted by molar-refractivity contribution is -0.154. The van der Waals surface area contributed by atoms with Gasteiger partial charge in [0.05, 0.1) is 35.8 Å². The zero-order chi connectivity index (χ0) is 25.7. The maximum absolute atomic E-state index is 14.2. The first-order valence-electron chi connectivity index (χ1n) is 12.8. The Kier molecular flexibility index (Phi) is 7.26. The molecule has 1 aromatic rings. The number of hydrogen-bond donors (Lipinski definition) is 2. The predicted molar refractivity (Wildman–Crippen MR) is 137 cm³/mol. The normalized spacial score (nSPS) is 32.9. The van der Waals surface area contributed by atoms with Crippen molar-refractivity contribution in [3.05, 3.63) is 29.3 Å². The number of thioether (sulfide) groups is 1. The third-order valence-corrected chi connectivity index (χ3v) is 10.6. The summed E-state index contributed by atoms with van der Waals surface area (Å²) in [5.74, 6) is -1.95. The van der Waals surface area contributed by atoms with Crippen molar-refractivity contribution in [2.45, 2.75) is 76.5 Å². The third kappa shape index (κ3) is 3.97. The molecule has 2 N–H and O–H groups in total. The van der Waals surface area contributed by atoms with Crippen molar-refractivity contribution in [3.63, 3.8) is 0 Å². The molecule has 7 nitrogen and oxygen atoms in total. The fourth-order valence-electron chi connectivity index (χ4n) is 6.51. The number of carbonyl (C=O) groups excluding carboxylic acids is 3. The first kappa shape index (κ1) is 26.0. The van der Waals surface area contributed by atoms with E-state index in [-0.39, 0.29) is 48.1 Å². The number of esters is 1. The highest BCUT2D eigenvalue weighted by Gasteiger charge is 2.77. The van der Waals surface area contributed by atoms with E-state index in [1.54, 1.807) is 23.6 Å². The molecule has 0 radical (unpaired) electrons. The van der Waals surface area contributed by atoms with Crippen LogP contribution in [0.4, 0.5) is 5.69 Å². The highest BCUT2D eigenvalue weighted by atomic mass is 32.2. The van der Waals surface area contributed by atoms with Crippen LogP contribution in [0, 0.1) is 37.5 Å². The molecule has 3 saturated heterocycles. The number of aliphatic hydroxyl groups is 1. The summed E-state index contributed by atoms with van der Waals surface area (Å²) in [5, 5.41) is 13.5. The van der Waals surface area contributed by atoms with Gasteiger partial charge in [-0.1, -0.05) is 39.3 Å². The number of likely N-dealkylation sites (tertiary alicyclic amines) is 1. The number of aliphatic hydroxyl groups excluding tert-OH is 1. The summed E-state index contributed by atoms with van der Waals surface area (Å²) in [4.78, 5) is 43.0. The molecule has 1 aromatic carbocycles. The quantitative estimate of drug-likeness (QED) is 0.528. The van der Waals surface area contributed by atoms with E-state index in [0.29, 0.717) is 0 Å². The van der Waals surface area contributed by atoms with E-state index in [0.717, 1.165) is 29.7 Å². The lowest BCUT2D eigenvalue weighted by atomic mass is 9.66. The minimum absolute atomic E-state index is 0.00580. The van der Waals surface area contributed by atoms with Gasteiger partial charge in [0.15, 0.2) is 0 Å². The Labute approximate surface area is 212 Å². The van der Waals surface area contributed by atoms with E-state index < -0.39 is 28.7 Å². The van der Waals surface area contributed by atoms with Gasteiger partial charge in [-0.05, 0) is 56.2 Å². The molecule has 0 aliphatic carbocycles. The van der Waals surface area contributed by atoms with Crippen LogP contribution < -0.4 is 5.32 Å². The molecule has 4 rings (SSSR count). The zero-order valence-corrected chi connectivity index (χ0v) is 22.4. The van der Waals surface area contributed by atoms with Crippen LogP contribution in [0.1, 0.15) is 51.7 Å². The second kappa shape index (κ2) is 9.77. The maximum Gasteiger partial charge on any atom is 0.310 e. The summed E-state index contributed by atoms with van der Waals surface area (Å²) in [6.45, 7) is 11.8. The number of nitrogens with zero attached hydrogens (tertiary/aromatic N) is 1. The molecule has 3 heterocycles. The molecule has 8 atom stereocenters. The Bertz CT molecular complexity index is 1020. The summed E-state index contributed by atoms with van der Waals surface area (Å²) in [5.41, 5.74) is 2.69. The maximum atomic E-state index is 14.2. The monoisotopic (exact) mass is 502 g/mol. The van der Waals surface area contributed by atoms with Gasteiger partial charge in [0, 0.05) is 10.9 Å². The van der Waals surface area contributed by atoms with Crippen molar-refractivity contribution in [2.75, 3.05) is 18.5 Å². The molecule has 35 heavy (non-hydrogen) atoms. The van der Waals surface area contributed by atoms with Gasteiger partial charge in [-0.3, -0.25) is 14.4 Å². The Hall–Kier alpha value is -2.06. The number of fused-ring (bicyclic) bond motifs is 1. The molecular formula is C27H38N2O5S. The highest BCUT2D eigenvalue weighted by Crippen LogP contribution is 2.69. The summed E-state index contributed by atoms with van der Waals surface area (Å²) in [6, 6.07) is 4.61. The number of benzene rings is 1. The molecule has 8 heteroatoms. The second-order valence-corrected chi connectivity index (χ2v) is 12.0. The number of rotatable bonds is 8. The number of ether oxygens (including phenoxy) is 1. The molecular weight excluding hydrogens is 464 g/mol. The standard InChI is InChI=1S/C27H38N2O5S/c1-7-15(4)19(13-30)29-23(24(31)28-18-11-14(3)9-10-16(18)5)27-17(6)12-20(35-27)21(22(27)25(29)32)26(33)34-8-2/h9-11,15,17,19-23,30H,7-8,12-13H2,1-6H3,(H,28,31)/t15-,17?,19-,20-,21+,22-,23?,27?/m0/s1. The minimum Gasteiger partial charge on any atom is -0.466 e. The van der Waals surface area contributed by atoms with E-state index in [1.165, 1.54) is 0 Å². The number of amides is 2. The fourth-order valence-corrected chi connectivity index (χ4v) is 8.90. The average molecular weight is 503 g/mol. The van der Waals surface area contributed by atoms with Gasteiger partial charge in [0.1, 0.15) is 6.04 Å². The molecule has 3 fully saturated rings. The highest BCUT2D eigenvalue weighted by molar-refractivity contribution is 8.02. The first-order valence-corrected chi connectivity index (χ1v) is 13.7. The Morgan fingerprint density at radius 2 is 2.03 bits per heavy atom. The van der Waals surface area contributed by atoms with Gasteiger partial charge < -0.3 is 20.1 Å². The molecule has 0 saturated carbocycles. The topological polar surface area (TPSA) is 95.9 Å². The van der Waals surface area contributed by atoms with E-state index >= 15 is 0 Å². The van der Waals surface area contributed by atoms with Crippen molar-refractivity contribution in [3.8, 4) is 0 Å². The van der Waals surface area contributed by atoms with Crippen molar-refractivity contribution >= 4 is 35.2 Å². The Morgan fingerprint density at radius 1 is 1.31 bits per heavy atom. The van der Waals surface area contributed by atoms with Crippen LogP contribution in [0.25, 0.3) is 0 Å². The first-order chi connectivity index (χ1) is 16.6. The van der Waals surface area contributed by atoms with Crippen LogP contribution in [0.15, 0.2) is 18.2 Å². The smallest absolute Gasteiger partial charge is 0.310 e. The number of aryl methyl sites for hydroxylation is 2. The Balaban J connectivity index is 1.82. The third-order valence-electron chi connectivity index (χ3n) is 8.49. The molecule has 192 valence electrons. The van der Waals surface area contributed by atoms with Crippen molar-refractivity contribution in [1.29, 1.82) is 0 Å². The molecule has 3 aliphatic heterocycles. The second-order valence-electron chi connectivity index (χ2n) is 10.5. The molecule has 2 amide bonds. The zero-order valence-electron chi connectivity index (χ0n) is 21.5. The van der Waals surface area contributed by atoms with Crippen LogP contribution in [-0.2, 0) is 19.1 Å². The minimum atomic E-state index is -0.782. The summed E-state index contributed by atoms with van der Waals surface area (Å²) in [7, 11) is 0. The van der Waals surface area contributed by atoms with Gasteiger partial charge in [-0.15, -0.1) is 11.8 Å². The van der Waals surface area contributed by atoms with E-state index in [2.05, 4.69) is 12.2 Å². The molecule has 0 aromatic heterocycles.